The van der Waals surface area contributed by atoms with E-state index in [9.17, 15) is 4.79 Å². The summed E-state index contributed by atoms with van der Waals surface area (Å²) in [7, 11) is 0. The summed E-state index contributed by atoms with van der Waals surface area (Å²) in [5, 5.41) is 11.2. The minimum atomic E-state index is -0.365. The first-order chi connectivity index (χ1) is 12.9. The molecule has 1 aromatic heterocycles. The van der Waals surface area contributed by atoms with Crippen molar-refractivity contribution in [3.8, 4) is 0 Å². The van der Waals surface area contributed by atoms with Crippen LogP contribution in [0.15, 0.2) is 36.7 Å². The highest BCUT2D eigenvalue weighted by Gasteiger charge is 2.37. The predicted octanol–water partition coefficient (Wildman–Crippen LogP) is 1.37. The van der Waals surface area contributed by atoms with Gasteiger partial charge in [0, 0.05) is 42.5 Å². The highest BCUT2D eigenvalue weighted by molar-refractivity contribution is 6.30. The van der Waals surface area contributed by atoms with Crippen molar-refractivity contribution in [1.82, 2.24) is 20.2 Å². The van der Waals surface area contributed by atoms with Crippen molar-refractivity contribution in [3.63, 3.8) is 0 Å². The van der Waals surface area contributed by atoms with Crippen molar-refractivity contribution < 1.29 is 4.79 Å². The number of nitrogens with two attached hydrogens (primary N) is 2. The lowest BCUT2D eigenvalue weighted by Crippen LogP contribution is -2.51. The van der Waals surface area contributed by atoms with Crippen LogP contribution in [0.1, 0.15) is 28.9 Å². The number of benzene rings is 1. The SMILES string of the molecule is N=C(N)N1CCC(CNC(=O)c2nccnc2N)(c2cccc(Cl)c2)CC1. The number of hydrogen-bond donors (Lipinski definition) is 4. The van der Waals surface area contributed by atoms with Gasteiger partial charge in [-0.05, 0) is 30.5 Å². The summed E-state index contributed by atoms with van der Waals surface area (Å²) in [6.07, 6.45) is 4.33. The van der Waals surface area contributed by atoms with Crippen LogP contribution in [-0.4, -0.2) is 46.4 Å². The number of amides is 1. The molecule has 142 valence electrons. The monoisotopic (exact) mass is 387 g/mol. The molecule has 27 heavy (non-hydrogen) atoms. The maximum Gasteiger partial charge on any atom is 0.273 e. The normalized spacial score (nSPS) is 16.0. The Morgan fingerprint density at radius 3 is 2.63 bits per heavy atom. The van der Waals surface area contributed by atoms with Crippen molar-refractivity contribution in [2.24, 2.45) is 5.73 Å². The van der Waals surface area contributed by atoms with E-state index in [1.165, 1.54) is 12.4 Å². The number of aromatic nitrogens is 2. The smallest absolute Gasteiger partial charge is 0.273 e. The molecule has 2 heterocycles. The quantitative estimate of drug-likeness (QED) is 0.462. The molecule has 9 heteroatoms. The second-order valence-corrected chi connectivity index (χ2v) is 7.07. The molecule has 8 nitrogen and oxygen atoms in total. The van der Waals surface area contributed by atoms with Gasteiger partial charge < -0.3 is 21.7 Å². The van der Waals surface area contributed by atoms with E-state index in [0.717, 1.165) is 18.4 Å². The summed E-state index contributed by atoms with van der Waals surface area (Å²) in [5.41, 5.74) is 12.2. The molecule has 1 aliphatic heterocycles. The van der Waals surface area contributed by atoms with E-state index >= 15 is 0 Å². The van der Waals surface area contributed by atoms with Gasteiger partial charge in [-0.15, -0.1) is 0 Å². The molecule has 2 aromatic rings. The molecule has 3 rings (SSSR count). The van der Waals surface area contributed by atoms with Gasteiger partial charge in [-0.1, -0.05) is 23.7 Å². The van der Waals surface area contributed by atoms with Crippen molar-refractivity contribution in [3.05, 3.63) is 52.9 Å². The van der Waals surface area contributed by atoms with Gasteiger partial charge in [-0.2, -0.15) is 0 Å². The zero-order chi connectivity index (χ0) is 19.4. The summed E-state index contributed by atoms with van der Waals surface area (Å²) >= 11 is 6.20. The largest absolute Gasteiger partial charge is 0.382 e. The first kappa shape index (κ1) is 18.9. The van der Waals surface area contributed by atoms with Crippen molar-refractivity contribution in [2.75, 3.05) is 25.4 Å². The maximum absolute atomic E-state index is 12.5. The lowest BCUT2D eigenvalue weighted by Gasteiger charge is -2.42. The van der Waals surface area contributed by atoms with Gasteiger partial charge in [-0.25, -0.2) is 9.97 Å². The molecule has 0 radical (unpaired) electrons. The van der Waals surface area contributed by atoms with Gasteiger partial charge >= 0.3 is 0 Å². The summed E-state index contributed by atoms with van der Waals surface area (Å²) in [4.78, 5) is 22.3. The third kappa shape index (κ3) is 4.11. The Morgan fingerprint density at radius 2 is 2.00 bits per heavy atom. The van der Waals surface area contributed by atoms with E-state index in [0.29, 0.717) is 24.7 Å². The van der Waals surface area contributed by atoms with E-state index in [-0.39, 0.29) is 28.8 Å². The van der Waals surface area contributed by atoms with Crippen LogP contribution < -0.4 is 16.8 Å². The Bertz CT molecular complexity index is 849. The first-order valence-electron chi connectivity index (χ1n) is 8.61. The molecule has 6 N–H and O–H groups in total. The van der Waals surface area contributed by atoms with Crippen LogP contribution in [0.25, 0.3) is 0 Å². The standard InChI is InChI=1S/C18H22ClN7O/c19-13-3-1-2-12(10-13)18(4-8-26(9-5-18)17(21)22)11-25-16(27)14-15(20)24-7-6-23-14/h1-3,6-7,10H,4-5,8-9,11H2,(H2,20,24)(H3,21,22)(H,25,27). The predicted molar refractivity (Wildman–Crippen MR) is 105 cm³/mol. The minimum absolute atomic E-state index is 0.0612. The third-order valence-electron chi connectivity index (χ3n) is 5.03. The number of anilines is 1. The summed E-state index contributed by atoms with van der Waals surface area (Å²) in [6, 6.07) is 7.66. The number of halogens is 1. The second kappa shape index (κ2) is 7.79. The lowest BCUT2D eigenvalue weighted by atomic mass is 9.72. The third-order valence-corrected chi connectivity index (χ3v) is 5.26. The van der Waals surface area contributed by atoms with Gasteiger partial charge in [-0.3, -0.25) is 10.2 Å². The van der Waals surface area contributed by atoms with Crippen LogP contribution in [-0.2, 0) is 5.41 Å². The number of guanidine groups is 1. The van der Waals surface area contributed by atoms with E-state index in [4.69, 9.17) is 28.5 Å². The maximum atomic E-state index is 12.5. The molecule has 1 fully saturated rings. The molecule has 0 aliphatic carbocycles. The molecule has 0 unspecified atom stereocenters. The van der Waals surface area contributed by atoms with Crippen LogP contribution in [0.3, 0.4) is 0 Å². The van der Waals surface area contributed by atoms with Crippen molar-refractivity contribution >= 4 is 29.3 Å². The van der Waals surface area contributed by atoms with Gasteiger partial charge in [0.05, 0.1) is 0 Å². The molecule has 0 spiro atoms. The molecule has 1 amide bonds. The topological polar surface area (TPSA) is 134 Å². The van der Waals surface area contributed by atoms with Crippen LogP contribution in [0, 0.1) is 5.41 Å². The average molecular weight is 388 g/mol. The Hall–Kier alpha value is -2.87. The Morgan fingerprint density at radius 1 is 1.30 bits per heavy atom. The van der Waals surface area contributed by atoms with E-state index < -0.39 is 0 Å². The number of hydrogen-bond acceptors (Lipinski definition) is 5. The van der Waals surface area contributed by atoms with Crippen LogP contribution in [0.5, 0.6) is 0 Å². The van der Waals surface area contributed by atoms with Crippen molar-refractivity contribution in [1.29, 1.82) is 5.41 Å². The fourth-order valence-electron chi connectivity index (χ4n) is 3.42. The van der Waals surface area contributed by atoms with Gasteiger partial charge in [0.15, 0.2) is 17.5 Å². The summed E-state index contributed by atoms with van der Waals surface area (Å²) in [5.74, 6) is -0.208. The zero-order valence-electron chi connectivity index (χ0n) is 14.8. The Kier molecular flexibility index (Phi) is 5.46. The molecule has 1 aliphatic rings. The highest BCUT2D eigenvalue weighted by Crippen LogP contribution is 2.36. The molecule has 0 atom stereocenters. The molecular weight excluding hydrogens is 366 g/mol. The summed E-state index contributed by atoms with van der Waals surface area (Å²) in [6.45, 7) is 1.66. The first-order valence-corrected chi connectivity index (χ1v) is 8.99. The van der Waals surface area contributed by atoms with Gasteiger partial charge in [0.2, 0.25) is 0 Å². The van der Waals surface area contributed by atoms with Crippen LogP contribution >= 0.6 is 11.6 Å². The number of rotatable bonds is 4. The van der Waals surface area contributed by atoms with Crippen molar-refractivity contribution in [2.45, 2.75) is 18.3 Å². The van der Waals surface area contributed by atoms with E-state index in [1.54, 1.807) is 0 Å². The Labute approximate surface area is 162 Å². The van der Waals surface area contributed by atoms with E-state index in [1.807, 2.05) is 29.2 Å². The molecular formula is C18H22ClN7O. The number of nitrogens with one attached hydrogen (secondary N) is 2. The van der Waals surface area contributed by atoms with Gasteiger partial charge in [0.1, 0.15) is 0 Å². The molecule has 1 saturated heterocycles. The van der Waals surface area contributed by atoms with Gasteiger partial charge in [0.25, 0.3) is 5.91 Å². The number of carbonyl (C=O) groups is 1. The fraction of sp³-hybridized carbons (Fsp3) is 0.333. The minimum Gasteiger partial charge on any atom is -0.382 e. The summed E-state index contributed by atoms with van der Waals surface area (Å²) < 4.78 is 0. The average Bonchev–Trinajstić information content (AvgIpc) is 2.67. The lowest BCUT2D eigenvalue weighted by molar-refractivity contribution is 0.0927. The highest BCUT2D eigenvalue weighted by atomic mass is 35.5. The number of nitrogen functional groups attached to an aromatic ring is 1. The van der Waals surface area contributed by atoms with Crippen LogP contribution in [0.4, 0.5) is 5.82 Å². The number of carbonyl (C=O) groups excluding carboxylic acids is 1. The van der Waals surface area contributed by atoms with E-state index in [2.05, 4.69) is 15.3 Å². The number of likely N-dealkylation sites (tertiary alicyclic amines) is 1. The second-order valence-electron chi connectivity index (χ2n) is 6.64. The number of piperidine rings is 1. The zero-order valence-corrected chi connectivity index (χ0v) is 15.5. The van der Waals surface area contributed by atoms with Crippen LogP contribution in [0.2, 0.25) is 5.02 Å². The Balaban J connectivity index is 1.82. The fourth-order valence-corrected chi connectivity index (χ4v) is 3.61. The molecule has 0 bridgehead atoms. The molecule has 1 aromatic carbocycles. The molecule has 0 saturated carbocycles. The number of nitrogens with zero attached hydrogens (tertiary/aromatic N) is 3.